The number of halogens is 2. The van der Waals surface area contributed by atoms with Crippen LogP contribution in [0.1, 0.15) is 44.1 Å². The minimum atomic E-state index is -1.10. The lowest BCUT2D eigenvalue weighted by molar-refractivity contribution is 0.317. The van der Waals surface area contributed by atoms with Crippen LogP contribution in [0.4, 0.5) is 8.78 Å². The third-order valence-corrected chi connectivity index (χ3v) is 2.67. The first-order valence-corrected chi connectivity index (χ1v) is 5.84. The molecular weight excluding hydrogens is 252 g/mol. The summed E-state index contributed by atoms with van der Waals surface area (Å²) in [6, 6.07) is 2.46. The highest BCUT2D eigenvalue weighted by molar-refractivity contribution is 5.27. The molecule has 0 saturated heterocycles. The summed E-state index contributed by atoms with van der Waals surface area (Å²) in [7, 11) is 0. The average molecular weight is 267 g/mol. The Morgan fingerprint density at radius 3 is 2.26 bits per heavy atom. The lowest BCUT2D eigenvalue weighted by Gasteiger charge is -2.11. The first-order chi connectivity index (χ1) is 8.80. The van der Waals surface area contributed by atoms with Gasteiger partial charge in [-0.3, -0.25) is 0 Å². The van der Waals surface area contributed by atoms with E-state index in [9.17, 15) is 8.78 Å². The number of aromatic nitrogens is 2. The Morgan fingerprint density at radius 1 is 1.21 bits per heavy atom. The molecule has 6 heteroatoms. The van der Waals surface area contributed by atoms with Crippen LogP contribution in [0.5, 0.6) is 0 Å². The van der Waals surface area contributed by atoms with Crippen molar-refractivity contribution in [1.29, 1.82) is 0 Å². The molecule has 0 amide bonds. The zero-order chi connectivity index (χ0) is 14.2. The monoisotopic (exact) mass is 267 g/mol. The molecule has 1 unspecified atom stereocenters. The second-order valence-corrected chi connectivity index (χ2v) is 5.32. The lowest BCUT2D eigenvalue weighted by Crippen LogP contribution is -2.18. The molecule has 0 aliphatic carbocycles. The van der Waals surface area contributed by atoms with Gasteiger partial charge >= 0.3 is 0 Å². The summed E-state index contributed by atoms with van der Waals surface area (Å²) in [5, 5.41) is 3.70. The van der Waals surface area contributed by atoms with Crippen molar-refractivity contribution in [2.45, 2.75) is 32.2 Å². The molecular formula is C13H15F2N3O. The van der Waals surface area contributed by atoms with Gasteiger partial charge in [-0.2, -0.15) is 4.98 Å². The topological polar surface area (TPSA) is 64.9 Å². The molecule has 102 valence electrons. The minimum absolute atomic E-state index is 0.0638. The van der Waals surface area contributed by atoms with E-state index in [1.165, 1.54) is 6.07 Å². The van der Waals surface area contributed by atoms with Gasteiger partial charge in [-0.15, -0.1) is 0 Å². The Hall–Kier alpha value is -1.82. The zero-order valence-corrected chi connectivity index (χ0v) is 10.9. The van der Waals surface area contributed by atoms with E-state index in [1.54, 1.807) is 0 Å². The molecule has 2 rings (SSSR count). The van der Waals surface area contributed by atoms with Crippen LogP contribution >= 0.6 is 0 Å². The summed E-state index contributed by atoms with van der Waals surface area (Å²) in [4.78, 5) is 4.10. The third kappa shape index (κ3) is 2.63. The molecule has 0 bridgehead atoms. The van der Waals surface area contributed by atoms with Crippen LogP contribution in [0.25, 0.3) is 0 Å². The third-order valence-electron chi connectivity index (χ3n) is 2.67. The van der Waals surface area contributed by atoms with Crippen molar-refractivity contribution in [3.8, 4) is 0 Å². The molecule has 0 radical (unpaired) electrons. The van der Waals surface area contributed by atoms with Crippen LogP contribution in [0.15, 0.2) is 22.7 Å². The van der Waals surface area contributed by atoms with Crippen molar-refractivity contribution in [1.82, 2.24) is 10.1 Å². The van der Waals surface area contributed by atoms with Crippen LogP contribution in [0.2, 0.25) is 0 Å². The van der Waals surface area contributed by atoms with Gasteiger partial charge in [-0.1, -0.05) is 32.0 Å². The van der Waals surface area contributed by atoms with E-state index in [0.717, 1.165) is 12.1 Å². The highest BCUT2D eigenvalue weighted by Crippen LogP contribution is 2.26. The molecule has 4 nitrogen and oxygen atoms in total. The van der Waals surface area contributed by atoms with Crippen molar-refractivity contribution in [2.75, 3.05) is 0 Å². The predicted octanol–water partition coefficient (Wildman–Crippen LogP) is 2.69. The number of nitrogens with two attached hydrogens (primary N) is 1. The zero-order valence-electron chi connectivity index (χ0n) is 10.9. The summed E-state index contributed by atoms with van der Waals surface area (Å²) in [6.07, 6.45) is 0. The highest BCUT2D eigenvalue weighted by Gasteiger charge is 2.26. The van der Waals surface area contributed by atoms with Gasteiger partial charge in [0.05, 0.1) is 6.04 Å². The lowest BCUT2D eigenvalue weighted by atomic mass is 9.97. The standard InChI is InChI=1S/C13H15F2N3O/c1-13(2,3)12-17-11(18-19-12)10(16)9-7(14)5-4-6-8(9)15/h4-6,10H,16H2,1-3H3. The first-order valence-electron chi connectivity index (χ1n) is 5.84. The van der Waals surface area contributed by atoms with Crippen LogP contribution in [0.3, 0.4) is 0 Å². The van der Waals surface area contributed by atoms with Crippen LogP contribution in [-0.4, -0.2) is 10.1 Å². The van der Waals surface area contributed by atoms with E-state index >= 15 is 0 Å². The van der Waals surface area contributed by atoms with Gasteiger partial charge in [0, 0.05) is 11.0 Å². The summed E-state index contributed by atoms with van der Waals surface area (Å²) in [5.41, 5.74) is 5.20. The van der Waals surface area contributed by atoms with Crippen LogP contribution < -0.4 is 5.73 Å². The van der Waals surface area contributed by atoms with Gasteiger partial charge in [-0.05, 0) is 12.1 Å². The summed E-state index contributed by atoms with van der Waals surface area (Å²) in [6.45, 7) is 5.67. The maximum absolute atomic E-state index is 13.6. The molecule has 1 atom stereocenters. The Morgan fingerprint density at radius 2 is 1.79 bits per heavy atom. The van der Waals surface area contributed by atoms with Gasteiger partial charge < -0.3 is 10.3 Å². The molecule has 2 N–H and O–H groups in total. The molecule has 19 heavy (non-hydrogen) atoms. The Bertz CT molecular complexity index is 570. The van der Waals surface area contributed by atoms with Gasteiger partial charge in [0.2, 0.25) is 5.89 Å². The van der Waals surface area contributed by atoms with Gasteiger partial charge in [0.15, 0.2) is 5.82 Å². The quantitative estimate of drug-likeness (QED) is 0.908. The maximum atomic E-state index is 13.6. The molecule has 1 aromatic heterocycles. The molecule has 0 spiro atoms. The normalized spacial score (nSPS) is 13.6. The number of benzene rings is 1. The molecule has 1 aromatic carbocycles. The first kappa shape index (κ1) is 13.6. The summed E-state index contributed by atoms with van der Waals surface area (Å²) < 4.78 is 32.3. The van der Waals surface area contributed by atoms with Crippen molar-refractivity contribution in [3.05, 3.63) is 47.1 Å². The van der Waals surface area contributed by atoms with Crippen LogP contribution in [0, 0.1) is 11.6 Å². The Balaban J connectivity index is 2.40. The van der Waals surface area contributed by atoms with E-state index in [1.807, 2.05) is 20.8 Å². The molecule has 0 saturated carbocycles. The number of nitrogens with zero attached hydrogens (tertiary/aromatic N) is 2. The van der Waals surface area contributed by atoms with Crippen molar-refractivity contribution in [2.24, 2.45) is 5.73 Å². The molecule has 0 fully saturated rings. The molecule has 0 aliphatic rings. The van der Waals surface area contributed by atoms with E-state index < -0.39 is 17.7 Å². The van der Waals surface area contributed by atoms with E-state index in [-0.39, 0.29) is 16.8 Å². The minimum Gasteiger partial charge on any atom is -0.339 e. The van der Waals surface area contributed by atoms with Crippen molar-refractivity contribution in [3.63, 3.8) is 0 Å². The van der Waals surface area contributed by atoms with Gasteiger partial charge in [0.1, 0.15) is 11.6 Å². The SMILES string of the molecule is CC(C)(C)c1nc(C(N)c2c(F)cccc2F)no1. The average Bonchev–Trinajstić information content (AvgIpc) is 2.77. The van der Waals surface area contributed by atoms with E-state index in [4.69, 9.17) is 10.3 Å². The molecule has 2 aromatic rings. The van der Waals surface area contributed by atoms with Crippen LogP contribution in [-0.2, 0) is 5.41 Å². The number of rotatable bonds is 2. The fourth-order valence-corrected chi connectivity index (χ4v) is 1.60. The largest absolute Gasteiger partial charge is 0.339 e. The fourth-order valence-electron chi connectivity index (χ4n) is 1.60. The van der Waals surface area contributed by atoms with Gasteiger partial charge in [0.25, 0.3) is 0 Å². The maximum Gasteiger partial charge on any atom is 0.232 e. The second-order valence-electron chi connectivity index (χ2n) is 5.32. The smallest absolute Gasteiger partial charge is 0.232 e. The Kier molecular flexibility index (Phi) is 3.36. The van der Waals surface area contributed by atoms with Crippen molar-refractivity contribution < 1.29 is 13.3 Å². The predicted molar refractivity (Wildman–Crippen MR) is 65.4 cm³/mol. The molecule has 1 heterocycles. The number of hydrogen-bond acceptors (Lipinski definition) is 4. The number of hydrogen-bond donors (Lipinski definition) is 1. The summed E-state index contributed by atoms with van der Waals surface area (Å²) in [5.74, 6) is -1.02. The summed E-state index contributed by atoms with van der Waals surface area (Å²) >= 11 is 0. The van der Waals surface area contributed by atoms with Crippen molar-refractivity contribution >= 4 is 0 Å². The fraction of sp³-hybridized carbons (Fsp3) is 0.385. The van der Waals surface area contributed by atoms with Gasteiger partial charge in [-0.25, -0.2) is 8.78 Å². The van der Waals surface area contributed by atoms with E-state index in [2.05, 4.69) is 10.1 Å². The molecule has 0 aliphatic heterocycles. The van der Waals surface area contributed by atoms with E-state index in [0.29, 0.717) is 5.89 Å². The Labute approximate surface area is 109 Å². The second kappa shape index (κ2) is 4.70. The highest BCUT2D eigenvalue weighted by atomic mass is 19.1.